The molecule has 4 fully saturated rings. The van der Waals surface area contributed by atoms with Crippen molar-refractivity contribution < 1.29 is 9.15 Å². The fourth-order valence-electron chi connectivity index (χ4n) is 7.26. The summed E-state index contributed by atoms with van der Waals surface area (Å²) in [4.78, 5) is 5.16. The first-order valence-corrected chi connectivity index (χ1v) is 13.8. The van der Waals surface area contributed by atoms with Crippen LogP contribution >= 0.6 is 22.9 Å². The van der Waals surface area contributed by atoms with E-state index in [4.69, 9.17) is 25.7 Å². The predicted octanol–water partition coefficient (Wildman–Crippen LogP) is 8.34. The molecule has 3 nitrogen and oxygen atoms in total. The molecule has 0 radical (unpaired) electrons. The number of rotatable bonds is 6. The van der Waals surface area contributed by atoms with Gasteiger partial charge >= 0.3 is 0 Å². The third-order valence-electron chi connectivity index (χ3n) is 8.44. The van der Waals surface area contributed by atoms with Crippen LogP contribution in [0.15, 0.2) is 58.3 Å². The minimum atomic E-state index is 0.329. The predicted molar refractivity (Wildman–Crippen MR) is 138 cm³/mol. The molecular formula is C29H28ClNO2S. The van der Waals surface area contributed by atoms with Crippen molar-refractivity contribution in [1.82, 2.24) is 4.98 Å². The van der Waals surface area contributed by atoms with Crippen LogP contribution in [0.4, 0.5) is 0 Å². The summed E-state index contributed by atoms with van der Waals surface area (Å²) in [6.07, 6.45) is 8.41. The van der Waals surface area contributed by atoms with E-state index >= 15 is 0 Å². The molecule has 0 saturated heterocycles. The molecule has 0 N–H and O–H groups in total. The maximum Gasteiger partial charge on any atom is 0.164 e. The highest BCUT2D eigenvalue weighted by molar-refractivity contribution is 7.13. The van der Waals surface area contributed by atoms with E-state index in [0.29, 0.717) is 17.9 Å². The van der Waals surface area contributed by atoms with Crippen LogP contribution in [0.1, 0.15) is 55.3 Å². The summed E-state index contributed by atoms with van der Waals surface area (Å²) in [6, 6.07) is 16.3. The number of hydrogen-bond acceptors (Lipinski definition) is 4. The van der Waals surface area contributed by atoms with Crippen LogP contribution in [0.2, 0.25) is 0 Å². The SMILES string of the molecule is ClCc1ccccc1COc1ccc2oc(-c3nc(C45CC6CC(CC(C6)C4)C5)cs3)cc2c1. The first-order chi connectivity index (χ1) is 16.7. The van der Waals surface area contributed by atoms with E-state index in [2.05, 4.69) is 23.6 Å². The van der Waals surface area contributed by atoms with Crippen LogP contribution < -0.4 is 4.74 Å². The molecule has 4 aliphatic carbocycles. The second kappa shape index (κ2) is 8.13. The molecule has 34 heavy (non-hydrogen) atoms. The lowest BCUT2D eigenvalue weighted by molar-refractivity contribution is -0.00689. The normalized spacial score (nSPS) is 27.5. The average molecular weight is 490 g/mol. The number of nitrogens with zero attached hydrogens (tertiary/aromatic N) is 1. The number of aromatic nitrogens is 1. The Kier molecular flexibility index (Phi) is 5.03. The Morgan fingerprint density at radius 1 is 0.971 bits per heavy atom. The number of thiazole rings is 1. The molecule has 4 aromatic rings. The average Bonchev–Trinajstić information content (AvgIpc) is 3.49. The zero-order chi connectivity index (χ0) is 22.7. The van der Waals surface area contributed by atoms with Crippen molar-refractivity contribution in [3.8, 4) is 16.5 Å². The van der Waals surface area contributed by atoms with Gasteiger partial charge in [0.15, 0.2) is 10.8 Å². The third-order valence-corrected chi connectivity index (χ3v) is 9.59. The fourth-order valence-corrected chi connectivity index (χ4v) is 8.42. The van der Waals surface area contributed by atoms with Crippen LogP contribution in [0.25, 0.3) is 21.7 Å². The van der Waals surface area contributed by atoms with Gasteiger partial charge in [0.2, 0.25) is 0 Å². The standard InChI is InChI=1S/C29H28ClNO2S/c30-15-21-3-1-2-4-22(21)16-32-24-5-6-25-23(10-24)11-26(33-25)28-31-27(17-34-28)29-12-18-7-19(13-29)9-20(8-18)14-29/h1-6,10-11,17-20H,7-9,12-16H2. The minimum Gasteiger partial charge on any atom is -0.489 e. The summed E-state index contributed by atoms with van der Waals surface area (Å²) in [5.74, 6) is 4.97. The van der Waals surface area contributed by atoms with Gasteiger partial charge in [0, 0.05) is 22.1 Å². The van der Waals surface area contributed by atoms with Crippen LogP contribution in [0, 0.1) is 17.8 Å². The van der Waals surface area contributed by atoms with Gasteiger partial charge in [-0.25, -0.2) is 4.98 Å². The monoisotopic (exact) mass is 489 g/mol. The first-order valence-electron chi connectivity index (χ1n) is 12.4. The Bertz CT molecular complexity index is 1320. The van der Waals surface area contributed by atoms with E-state index in [1.165, 1.54) is 44.2 Å². The van der Waals surface area contributed by atoms with E-state index < -0.39 is 0 Å². The largest absolute Gasteiger partial charge is 0.489 e. The van der Waals surface area contributed by atoms with Gasteiger partial charge in [0.05, 0.1) is 5.69 Å². The van der Waals surface area contributed by atoms with E-state index in [9.17, 15) is 0 Å². The summed E-state index contributed by atoms with van der Waals surface area (Å²) < 4.78 is 12.3. The number of benzene rings is 2. The van der Waals surface area contributed by atoms with E-state index in [1.54, 1.807) is 11.3 Å². The van der Waals surface area contributed by atoms with Gasteiger partial charge in [-0.05, 0) is 91.7 Å². The highest BCUT2D eigenvalue weighted by Crippen LogP contribution is 2.60. The molecule has 8 rings (SSSR count). The van der Waals surface area contributed by atoms with Crippen LogP contribution in [0.3, 0.4) is 0 Å². The molecule has 0 atom stereocenters. The second-order valence-corrected chi connectivity index (χ2v) is 11.9. The molecule has 4 saturated carbocycles. The summed E-state index contributed by atoms with van der Waals surface area (Å²) >= 11 is 7.80. The molecule has 5 heteroatoms. The first kappa shape index (κ1) is 21.0. The maximum atomic E-state index is 6.22. The summed E-state index contributed by atoms with van der Waals surface area (Å²) in [7, 11) is 0. The third kappa shape index (κ3) is 3.58. The lowest BCUT2D eigenvalue weighted by atomic mass is 9.49. The van der Waals surface area contributed by atoms with Gasteiger partial charge in [-0.3, -0.25) is 0 Å². The second-order valence-electron chi connectivity index (χ2n) is 10.7. The molecule has 0 amide bonds. The zero-order valence-electron chi connectivity index (χ0n) is 19.1. The van der Waals surface area contributed by atoms with Crippen molar-refractivity contribution in [2.45, 2.75) is 56.4 Å². The lowest BCUT2D eigenvalue weighted by Crippen LogP contribution is -2.48. The highest BCUT2D eigenvalue weighted by atomic mass is 35.5. The minimum absolute atomic E-state index is 0.329. The van der Waals surface area contributed by atoms with Crippen molar-refractivity contribution in [3.63, 3.8) is 0 Å². The molecule has 0 unspecified atom stereocenters. The van der Waals surface area contributed by atoms with Gasteiger partial charge in [-0.15, -0.1) is 22.9 Å². The van der Waals surface area contributed by atoms with Crippen LogP contribution in [-0.2, 0) is 17.9 Å². The molecular weight excluding hydrogens is 462 g/mol. The summed E-state index contributed by atoms with van der Waals surface area (Å²) in [5, 5.41) is 4.36. The van der Waals surface area contributed by atoms with Crippen molar-refractivity contribution in [2.75, 3.05) is 0 Å². The number of furan rings is 1. The number of fused-ring (bicyclic) bond motifs is 1. The van der Waals surface area contributed by atoms with Gasteiger partial charge < -0.3 is 9.15 Å². The molecule has 2 aromatic carbocycles. The topological polar surface area (TPSA) is 35.3 Å². The van der Waals surface area contributed by atoms with E-state index in [1.807, 2.05) is 30.3 Å². The number of hydrogen-bond donors (Lipinski definition) is 0. The Hall–Kier alpha value is -2.30. The van der Waals surface area contributed by atoms with E-state index in [-0.39, 0.29) is 0 Å². The zero-order valence-corrected chi connectivity index (χ0v) is 20.7. The molecule has 174 valence electrons. The Morgan fingerprint density at radius 3 is 2.44 bits per heavy atom. The Balaban J connectivity index is 1.12. The number of alkyl halides is 1. The lowest BCUT2D eigenvalue weighted by Gasteiger charge is -2.56. The van der Waals surface area contributed by atoms with Crippen LogP contribution in [-0.4, -0.2) is 4.98 Å². The molecule has 4 bridgehead atoms. The van der Waals surface area contributed by atoms with Gasteiger partial charge in [-0.1, -0.05) is 24.3 Å². The molecule has 2 heterocycles. The number of halogens is 1. The van der Waals surface area contributed by atoms with Crippen molar-refractivity contribution >= 4 is 33.9 Å². The number of ether oxygens (including phenoxy) is 1. The maximum absolute atomic E-state index is 6.22. The van der Waals surface area contributed by atoms with Crippen LogP contribution in [0.5, 0.6) is 5.75 Å². The van der Waals surface area contributed by atoms with Crippen molar-refractivity contribution in [1.29, 1.82) is 0 Å². The Morgan fingerprint density at radius 2 is 1.71 bits per heavy atom. The van der Waals surface area contributed by atoms with Gasteiger partial charge in [0.1, 0.15) is 17.9 Å². The summed E-state index contributed by atoms with van der Waals surface area (Å²) in [6.45, 7) is 0.500. The summed E-state index contributed by atoms with van der Waals surface area (Å²) in [5.41, 5.74) is 4.75. The fraction of sp³-hybridized carbons (Fsp3) is 0.414. The molecule has 4 aliphatic rings. The van der Waals surface area contributed by atoms with E-state index in [0.717, 1.165) is 56.4 Å². The molecule has 0 spiro atoms. The quantitative estimate of drug-likeness (QED) is 0.255. The van der Waals surface area contributed by atoms with Gasteiger partial charge in [0.25, 0.3) is 0 Å². The molecule has 2 aromatic heterocycles. The smallest absolute Gasteiger partial charge is 0.164 e. The Labute approximate surface area is 209 Å². The van der Waals surface area contributed by atoms with Gasteiger partial charge in [-0.2, -0.15) is 0 Å². The highest BCUT2D eigenvalue weighted by Gasteiger charge is 2.52. The van der Waals surface area contributed by atoms with Crippen molar-refractivity contribution in [2.24, 2.45) is 17.8 Å². The van der Waals surface area contributed by atoms with Crippen molar-refractivity contribution in [3.05, 3.63) is 70.7 Å². The molecule has 0 aliphatic heterocycles.